The van der Waals surface area contributed by atoms with E-state index in [4.69, 9.17) is 0 Å². The summed E-state index contributed by atoms with van der Waals surface area (Å²) in [5, 5.41) is 7.31. The predicted molar refractivity (Wildman–Crippen MR) is 106 cm³/mol. The van der Waals surface area contributed by atoms with Crippen molar-refractivity contribution in [3.63, 3.8) is 0 Å². The second kappa shape index (κ2) is 8.03. The highest BCUT2D eigenvalue weighted by molar-refractivity contribution is 7.22. The van der Waals surface area contributed by atoms with Crippen molar-refractivity contribution in [3.8, 4) is 0 Å². The average molecular weight is 368 g/mol. The highest BCUT2D eigenvalue weighted by atomic mass is 32.1. The molecule has 0 aliphatic carbocycles. The summed E-state index contributed by atoms with van der Waals surface area (Å²) in [5.41, 5.74) is 5.87. The van der Waals surface area contributed by atoms with Gasteiger partial charge in [-0.05, 0) is 50.8 Å². The molecule has 0 atom stereocenters. The fourth-order valence-electron chi connectivity index (χ4n) is 2.38. The van der Waals surface area contributed by atoms with E-state index in [1.54, 1.807) is 13.1 Å². The molecule has 1 aromatic carbocycles. The molecule has 0 radical (unpaired) electrons. The molecule has 134 valence electrons. The number of benzene rings is 1. The van der Waals surface area contributed by atoms with Crippen LogP contribution in [0.1, 0.15) is 18.2 Å². The number of nitrogens with zero attached hydrogens (tertiary/aromatic N) is 4. The molecular weight excluding hydrogens is 348 g/mol. The molecule has 8 heteroatoms. The van der Waals surface area contributed by atoms with Gasteiger partial charge in [-0.2, -0.15) is 5.10 Å². The second-order valence-corrected chi connectivity index (χ2v) is 7.07. The molecule has 0 unspecified atom stereocenters. The van der Waals surface area contributed by atoms with Crippen molar-refractivity contribution in [3.05, 3.63) is 53.9 Å². The summed E-state index contributed by atoms with van der Waals surface area (Å²) in [4.78, 5) is 22.8. The first-order chi connectivity index (χ1) is 12.5. The number of anilines is 1. The minimum Gasteiger partial charge on any atom is -0.305 e. The Labute approximate surface area is 155 Å². The Hall–Kier alpha value is -2.84. The Morgan fingerprint density at radius 3 is 2.85 bits per heavy atom. The van der Waals surface area contributed by atoms with Crippen LogP contribution in [0.5, 0.6) is 0 Å². The van der Waals surface area contributed by atoms with Gasteiger partial charge in [0.1, 0.15) is 0 Å². The first-order valence-electron chi connectivity index (χ1n) is 8.08. The number of hydrogen-bond donors (Lipinski definition) is 2. The van der Waals surface area contributed by atoms with Crippen LogP contribution in [0.15, 0.2) is 47.7 Å². The monoisotopic (exact) mass is 368 g/mol. The lowest BCUT2D eigenvalue weighted by atomic mass is 10.2. The molecule has 2 amide bonds. The quantitative estimate of drug-likeness (QED) is 0.535. The number of hydrazone groups is 1. The fourth-order valence-corrected chi connectivity index (χ4v) is 3.30. The van der Waals surface area contributed by atoms with Crippen molar-refractivity contribution in [2.75, 3.05) is 19.4 Å². The Balaban J connectivity index is 1.65. The molecule has 0 fully saturated rings. The second-order valence-electron chi connectivity index (χ2n) is 6.04. The van der Waals surface area contributed by atoms with Gasteiger partial charge in [-0.1, -0.05) is 23.5 Å². The highest BCUT2D eigenvalue weighted by Gasteiger charge is 2.08. The van der Waals surface area contributed by atoms with E-state index in [0.717, 1.165) is 16.8 Å². The van der Waals surface area contributed by atoms with Gasteiger partial charge in [0.2, 0.25) is 0 Å². The number of thiazole rings is 1. The smallest absolute Gasteiger partial charge is 0.305 e. The summed E-state index contributed by atoms with van der Waals surface area (Å²) >= 11 is 1.44. The Morgan fingerprint density at radius 1 is 1.27 bits per heavy atom. The number of hydrogen-bond acceptors (Lipinski definition) is 6. The Bertz CT molecular complexity index is 935. The van der Waals surface area contributed by atoms with Crippen LogP contribution in [-0.2, 0) is 6.54 Å². The Kier molecular flexibility index (Phi) is 5.55. The number of nitrogens with one attached hydrogen (secondary N) is 2. The molecule has 3 rings (SSSR count). The molecule has 0 aliphatic heterocycles. The van der Waals surface area contributed by atoms with Crippen molar-refractivity contribution in [1.82, 2.24) is 20.3 Å². The fraction of sp³-hybridized carbons (Fsp3) is 0.222. The van der Waals surface area contributed by atoms with Crippen LogP contribution in [-0.4, -0.2) is 40.7 Å². The van der Waals surface area contributed by atoms with Crippen molar-refractivity contribution < 1.29 is 4.79 Å². The van der Waals surface area contributed by atoms with Crippen LogP contribution >= 0.6 is 11.3 Å². The molecule has 2 aromatic heterocycles. The molecule has 0 aliphatic rings. The van der Waals surface area contributed by atoms with Gasteiger partial charge in [-0.15, -0.1) is 0 Å². The summed E-state index contributed by atoms with van der Waals surface area (Å²) in [7, 11) is 4.06. The number of carbonyl (C=O) groups excluding carboxylic acids is 1. The average Bonchev–Trinajstić information content (AvgIpc) is 3.01. The standard InChI is InChI=1S/C18H20N6OS/c1-12(14-6-4-5-9-19-14)22-23-17(25)21-18-20-15-8-7-13(11-24(2)3)10-16(15)26-18/h4-10H,11H2,1-3H3,(H2,20,21,23,25)/b22-12+. The number of fused-ring (bicyclic) bond motifs is 1. The van der Waals surface area contributed by atoms with Gasteiger partial charge >= 0.3 is 6.03 Å². The molecule has 2 N–H and O–H groups in total. The van der Waals surface area contributed by atoms with Gasteiger partial charge < -0.3 is 4.90 Å². The van der Waals surface area contributed by atoms with E-state index in [-0.39, 0.29) is 0 Å². The third-order valence-electron chi connectivity index (χ3n) is 3.53. The van der Waals surface area contributed by atoms with Gasteiger partial charge in [0.15, 0.2) is 5.13 Å². The van der Waals surface area contributed by atoms with Crippen LogP contribution < -0.4 is 10.7 Å². The third kappa shape index (κ3) is 4.62. The topological polar surface area (TPSA) is 82.5 Å². The van der Waals surface area contributed by atoms with Crippen LogP contribution in [0.2, 0.25) is 0 Å². The maximum absolute atomic E-state index is 12.0. The molecule has 2 heterocycles. The van der Waals surface area contributed by atoms with E-state index in [1.165, 1.54) is 16.9 Å². The first-order valence-corrected chi connectivity index (χ1v) is 8.90. The molecular formula is C18H20N6OS. The normalized spacial score (nSPS) is 11.8. The molecule has 0 saturated heterocycles. The van der Waals surface area contributed by atoms with Gasteiger partial charge in [0.05, 0.1) is 21.6 Å². The molecule has 0 bridgehead atoms. The summed E-state index contributed by atoms with van der Waals surface area (Å²) in [5.74, 6) is 0. The highest BCUT2D eigenvalue weighted by Crippen LogP contribution is 2.27. The predicted octanol–water partition coefficient (Wildman–Crippen LogP) is 3.30. The van der Waals surface area contributed by atoms with Gasteiger partial charge in [-0.25, -0.2) is 15.2 Å². The molecule has 3 aromatic rings. The largest absolute Gasteiger partial charge is 0.341 e. The summed E-state index contributed by atoms with van der Waals surface area (Å²) in [6.45, 7) is 2.64. The minimum atomic E-state index is -0.437. The van der Waals surface area contributed by atoms with E-state index < -0.39 is 6.03 Å². The molecule has 7 nitrogen and oxygen atoms in total. The minimum absolute atomic E-state index is 0.437. The van der Waals surface area contributed by atoms with E-state index in [1.807, 2.05) is 44.4 Å². The van der Waals surface area contributed by atoms with E-state index in [2.05, 4.69) is 36.8 Å². The van der Waals surface area contributed by atoms with E-state index >= 15 is 0 Å². The van der Waals surface area contributed by atoms with E-state index in [9.17, 15) is 4.79 Å². The lowest BCUT2D eigenvalue weighted by Gasteiger charge is -2.08. The molecule has 0 spiro atoms. The SMILES string of the molecule is C/C(=N\NC(=O)Nc1nc2ccc(CN(C)C)cc2s1)c1ccccn1. The van der Waals surface area contributed by atoms with Gasteiger partial charge in [-0.3, -0.25) is 10.3 Å². The van der Waals surface area contributed by atoms with Gasteiger partial charge in [0.25, 0.3) is 0 Å². The Morgan fingerprint density at radius 2 is 2.12 bits per heavy atom. The molecule has 0 saturated carbocycles. The van der Waals surface area contributed by atoms with Crippen LogP contribution in [0.3, 0.4) is 0 Å². The molecule has 26 heavy (non-hydrogen) atoms. The van der Waals surface area contributed by atoms with Crippen LogP contribution in [0, 0.1) is 0 Å². The zero-order valence-electron chi connectivity index (χ0n) is 14.9. The number of urea groups is 1. The third-order valence-corrected chi connectivity index (χ3v) is 4.47. The van der Waals surface area contributed by atoms with Crippen molar-refractivity contribution in [2.45, 2.75) is 13.5 Å². The van der Waals surface area contributed by atoms with E-state index in [0.29, 0.717) is 16.5 Å². The number of pyridine rings is 1. The number of rotatable bonds is 5. The van der Waals surface area contributed by atoms with Crippen molar-refractivity contribution in [2.24, 2.45) is 5.10 Å². The zero-order valence-corrected chi connectivity index (χ0v) is 15.7. The number of carbonyl (C=O) groups is 1. The maximum atomic E-state index is 12.0. The summed E-state index contributed by atoms with van der Waals surface area (Å²) in [6, 6.07) is 11.2. The summed E-state index contributed by atoms with van der Waals surface area (Å²) < 4.78 is 1.04. The summed E-state index contributed by atoms with van der Waals surface area (Å²) in [6.07, 6.45) is 1.68. The zero-order chi connectivity index (χ0) is 18.5. The van der Waals surface area contributed by atoms with Crippen molar-refractivity contribution >= 4 is 38.4 Å². The van der Waals surface area contributed by atoms with Crippen molar-refractivity contribution in [1.29, 1.82) is 0 Å². The number of aromatic nitrogens is 2. The lowest BCUT2D eigenvalue weighted by molar-refractivity contribution is 0.252. The van der Waals surface area contributed by atoms with Crippen LogP contribution in [0.4, 0.5) is 9.93 Å². The van der Waals surface area contributed by atoms with Gasteiger partial charge in [0, 0.05) is 12.7 Å². The van der Waals surface area contributed by atoms with Crippen LogP contribution in [0.25, 0.3) is 10.2 Å². The maximum Gasteiger partial charge on any atom is 0.341 e. The lowest BCUT2D eigenvalue weighted by Crippen LogP contribution is -2.25. The first kappa shape index (κ1) is 18.0. The number of amides is 2.